The number of hydrogen-bond donors (Lipinski definition) is 0. The maximum absolute atomic E-state index is 9.89. The number of hydrogen-bond acceptors (Lipinski definition) is 4. The topological polar surface area (TPSA) is 45.4 Å². The Balaban J connectivity index is 1.74. The lowest BCUT2D eigenvalue weighted by Gasteiger charge is -2.33. The van der Waals surface area contributed by atoms with Crippen molar-refractivity contribution in [2.75, 3.05) is 6.61 Å². The highest BCUT2D eigenvalue weighted by molar-refractivity contribution is 7.16. The van der Waals surface area contributed by atoms with Crippen LogP contribution in [0.25, 0.3) is 10.8 Å². The van der Waals surface area contributed by atoms with E-state index in [1.165, 1.54) is 10.4 Å². The normalized spacial score (nSPS) is 16.4. The largest absolute Gasteiger partial charge is 0.493 e. The summed E-state index contributed by atoms with van der Waals surface area (Å²) in [6.45, 7) is 9.73. The number of ether oxygens (including phenoxy) is 1. The van der Waals surface area contributed by atoms with E-state index in [-0.39, 0.29) is 5.41 Å². The molecule has 1 atom stereocenters. The molecule has 3 nitrogen and oxygen atoms in total. The zero-order valence-electron chi connectivity index (χ0n) is 18.9. The lowest BCUT2D eigenvalue weighted by Crippen LogP contribution is -2.26. The van der Waals surface area contributed by atoms with Crippen molar-refractivity contribution >= 4 is 33.3 Å². The molecule has 1 heterocycles. The van der Waals surface area contributed by atoms with Crippen molar-refractivity contribution in [2.24, 2.45) is 16.3 Å². The molecule has 4 heteroatoms. The highest BCUT2D eigenvalue weighted by atomic mass is 32.1. The van der Waals surface area contributed by atoms with E-state index >= 15 is 0 Å². The predicted molar refractivity (Wildman–Crippen MR) is 131 cm³/mol. The van der Waals surface area contributed by atoms with Gasteiger partial charge in [-0.1, -0.05) is 58.0 Å². The van der Waals surface area contributed by atoms with E-state index in [1.807, 2.05) is 24.4 Å². The first kappa shape index (κ1) is 21.6. The Morgan fingerprint density at radius 1 is 1.23 bits per heavy atom. The van der Waals surface area contributed by atoms with Crippen LogP contribution in [0.4, 0.5) is 5.00 Å². The van der Waals surface area contributed by atoms with Gasteiger partial charge in [-0.2, -0.15) is 5.26 Å². The Labute approximate surface area is 189 Å². The maximum atomic E-state index is 9.89. The molecule has 0 fully saturated rings. The molecule has 0 saturated heterocycles. The fraction of sp³-hybridized carbons (Fsp3) is 0.407. The van der Waals surface area contributed by atoms with Crippen molar-refractivity contribution in [3.63, 3.8) is 0 Å². The first-order valence-corrected chi connectivity index (χ1v) is 12.0. The van der Waals surface area contributed by atoms with Crippen LogP contribution in [0.1, 0.15) is 62.1 Å². The van der Waals surface area contributed by atoms with Crippen molar-refractivity contribution in [1.29, 1.82) is 5.26 Å². The van der Waals surface area contributed by atoms with Gasteiger partial charge in [0, 0.05) is 16.7 Å². The molecule has 0 spiro atoms. The van der Waals surface area contributed by atoms with Gasteiger partial charge in [-0.25, -0.2) is 4.99 Å². The summed E-state index contributed by atoms with van der Waals surface area (Å²) in [5.41, 5.74) is 3.25. The van der Waals surface area contributed by atoms with Gasteiger partial charge in [-0.3, -0.25) is 0 Å². The number of nitriles is 1. The molecule has 0 bridgehead atoms. The number of nitrogens with zero attached hydrogens (tertiary/aromatic N) is 2. The van der Waals surface area contributed by atoms with Crippen molar-refractivity contribution < 1.29 is 4.74 Å². The first-order valence-electron chi connectivity index (χ1n) is 11.2. The van der Waals surface area contributed by atoms with Gasteiger partial charge in [-0.15, -0.1) is 11.3 Å². The summed E-state index contributed by atoms with van der Waals surface area (Å²) < 4.78 is 6.02. The maximum Gasteiger partial charge on any atom is 0.134 e. The molecule has 3 aromatic rings. The third-order valence-corrected chi connectivity index (χ3v) is 7.45. The second-order valence-corrected chi connectivity index (χ2v) is 10.5. The fourth-order valence-corrected chi connectivity index (χ4v) is 5.61. The Morgan fingerprint density at radius 2 is 2.03 bits per heavy atom. The van der Waals surface area contributed by atoms with E-state index in [2.05, 4.69) is 52.0 Å². The number of benzene rings is 2. The van der Waals surface area contributed by atoms with Gasteiger partial charge in [0.2, 0.25) is 0 Å². The van der Waals surface area contributed by atoms with Crippen LogP contribution in [0.3, 0.4) is 0 Å². The highest BCUT2D eigenvalue weighted by Crippen LogP contribution is 2.45. The number of rotatable bonds is 5. The van der Waals surface area contributed by atoms with Crippen LogP contribution >= 0.6 is 11.3 Å². The monoisotopic (exact) mass is 430 g/mol. The highest BCUT2D eigenvalue weighted by Gasteiger charge is 2.32. The van der Waals surface area contributed by atoms with E-state index in [9.17, 15) is 5.26 Å². The molecule has 31 heavy (non-hydrogen) atoms. The summed E-state index contributed by atoms with van der Waals surface area (Å²) in [7, 11) is 0. The molecule has 0 N–H and O–H groups in total. The molecular formula is C27H30N2OS. The summed E-state index contributed by atoms with van der Waals surface area (Å²) in [4.78, 5) is 6.19. The van der Waals surface area contributed by atoms with Crippen molar-refractivity contribution in [3.8, 4) is 11.8 Å². The lowest BCUT2D eigenvalue weighted by molar-refractivity contribution is 0.218. The average molecular weight is 431 g/mol. The van der Waals surface area contributed by atoms with Crippen molar-refractivity contribution in [1.82, 2.24) is 0 Å². The standard InChI is InChI=1S/C27H30N2OS/c1-5-14-30-24-13-10-18-8-6-7-9-20(18)23(24)17-29-26-22(16-28)21-12-11-19(27(2,3)4)15-25(21)31-26/h6-10,13,17,19H,5,11-12,14-15H2,1-4H3/t19-/m0/s1. The molecule has 0 radical (unpaired) electrons. The Bertz CT molecular complexity index is 1160. The van der Waals surface area contributed by atoms with Gasteiger partial charge < -0.3 is 4.74 Å². The second kappa shape index (κ2) is 8.85. The van der Waals surface area contributed by atoms with Gasteiger partial charge in [-0.05, 0) is 59.4 Å². The number of aliphatic imine (C=N–C) groups is 1. The van der Waals surface area contributed by atoms with Crippen LogP contribution in [-0.4, -0.2) is 12.8 Å². The molecular weight excluding hydrogens is 400 g/mol. The smallest absolute Gasteiger partial charge is 0.134 e. The van der Waals surface area contributed by atoms with Crippen LogP contribution in [0.15, 0.2) is 41.4 Å². The Morgan fingerprint density at radius 3 is 2.77 bits per heavy atom. The SMILES string of the molecule is CCCOc1ccc2ccccc2c1C=Nc1sc2c(c1C#N)CC[C@H](C(C)(C)C)C2. The molecule has 0 unspecified atom stereocenters. The summed E-state index contributed by atoms with van der Waals surface area (Å²) in [6.07, 6.45) is 6.02. The summed E-state index contributed by atoms with van der Waals surface area (Å²) in [5.74, 6) is 1.49. The van der Waals surface area contributed by atoms with E-state index in [0.29, 0.717) is 12.5 Å². The van der Waals surface area contributed by atoms with Gasteiger partial charge in [0.05, 0.1) is 12.2 Å². The molecule has 160 valence electrons. The molecule has 1 aliphatic rings. The zero-order chi connectivity index (χ0) is 22.0. The van der Waals surface area contributed by atoms with Gasteiger partial charge in [0.1, 0.15) is 16.8 Å². The van der Waals surface area contributed by atoms with Crippen LogP contribution < -0.4 is 4.74 Å². The first-order chi connectivity index (χ1) is 14.9. The van der Waals surface area contributed by atoms with Crippen molar-refractivity contribution in [3.05, 3.63) is 58.0 Å². The van der Waals surface area contributed by atoms with E-state index in [0.717, 1.165) is 58.3 Å². The number of thiophene rings is 1. The average Bonchev–Trinajstić information content (AvgIpc) is 3.12. The molecule has 0 aliphatic heterocycles. The summed E-state index contributed by atoms with van der Waals surface area (Å²) >= 11 is 1.69. The third-order valence-electron chi connectivity index (χ3n) is 6.29. The van der Waals surface area contributed by atoms with Crippen LogP contribution in [-0.2, 0) is 12.8 Å². The third kappa shape index (κ3) is 4.38. The number of fused-ring (bicyclic) bond motifs is 2. The lowest BCUT2D eigenvalue weighted by atomic mass is 9.72. The van der Waals surface area contributed by atoms with E-state index in [4.69, 9.17) is 9.73 Å². The van der Waals surface area contributed by atoms with Crippen LogP contribution in [0.2, 0.25) is 0 Å². The van der Waals surface area contributed by atoms with Gasteiger partial charge in [0.15, 0.2) is 0 Å². The van der Waals surface area contributed by atoms with Gasteiger partial charge in [0.25, 0.3) is 0 Å². The molecule has 1 aromatic heterocycles. The molecule has 2 aromatic carbocycles. The second-order valence-electron chi connectivity index (χ2n) is 9.41. The molecule has 0 amide bonds. The van der Waals surface area contributed by atoms with E-state index < -0.39 is 0 Å². The predicted octanol–water partition coefficient (Wildman–Crippen LogP) is 7.46. The van der Waals surface area contributed by atoms with Crippen LogP contribution in [0, 0.1) is 22.7 Å². The van der Waals surface area contributed by atoms with E-state index in [1.54, 1.807) is 11.3 Å². The minimum Gasteiger partial charge on any atom is -0.493 e. The minimum atomic E-state index is 0.284. The molecule has 4 rings (SSSR count). The fourth-order valence-electron chi connectivity index (χ4n) is 4.39. The Kier molecular flexibility index (Phi) is 6.16. The van der Waals surface area contributed by atoms with Crippen LogP contribution in [0.5, 0.6) is 5.75 Å². The molecule has 1 aliphatic carbocycles. The summed E-state index contributed by atoms with van der Waals surface area (Å²) in [6, 6.07) is 14.9. The van der Waals surface area contributed by atoms with Gasteiger partial charge >= 0.3 is 0 Å². The minimum absolute atomic E-state index is 0.284. The molecule has 0 saturated carbocycles. The quantitative estimate of drug-likeness (QED) is 0.394. The summed E-state index contributed by atoms with van der Waals surface area (Å²) in [5, 5.41) is 13.0. The zero-order valence-corrected chi connectivity index (χ0v) is 19.7. The Hall–Kier alpha value is -2.64. The van der Waals surface area contributed by atoms with Crippen molar-refractivity contribution in [2.45, 2.75) is 53.4 Å².